The van der Waals surface area contributed by atoms with Crippen LogP contribution < -0.4 is 10.3 Å². The third-order valence-corrected chi connectivity index (χ3v) is 4.47. The standard InChI is InChI=1S/C17H14N2O4S/c1-11-15(16(21)22)24-17(18-11)19-8-7-13(9-14(19)20)23-10-12-5-3-2-4-6-12/h2-9H,10H2,1H3,(H,21,22). The second-order valence-electron chi connectivity index (χ2n) is 5.06. The Balaban J connectivity index is 1.81. The van der Waals surface area contributed by atoms with Gasteiger partial charge in [-0.05, 0) is 18.6 Å². The first-order chi connectivity index (χ1) is 11.5. The topological polar surface area (TPSA) is 81.4 Å². The monoisotopic (exact) mass is 342 g/mol. The predicted molar refractivity (Wildman–Crippen MR) is 90.2 cm³/mol. The average Bonchev–Trinajstić information content (AvgIpc) is 2.96. The molecule has 2 heterocycles. The highest BCUT2D eigenvalue weighted by Crippen LogP contribution is 2.21. The molecule has 1 aromatic carbocycles. The molecule has 122 valence electrons. The lowest BCUT2D eigenvalue weighted by Crippen LogP contribution is -2.16. The van der Waals surface area contributed by atoms with E-state index in [1.165, 1.54) is 16.8 Å². The van der Waals surface area contributed by atoms with Crippen LogP contribution in [0.4, 0.5) is 0 Å². The lowest BCUT2D eigenvalue weighted by Gasteiger charge is -2.07. The van der Waals surface area contributed by atoms with Gasteiger partial charge in [-0.3, -0.25) is 9.36 Å². The number of hydrogen-bond donors (Lipinski definition) is 1. The van der Waals surface area contributed by atoms with Gasteiger partial charge >= 0.3 is 5.97 Å². The smallest absolute Gasteiger partial charge is 0.347 e. The highest BCUT2D eigenvalue weighted by Gasteiger charge is 2.15. The number of ether oxygens (including phenoxy) is 1. The molecule has 0 amide bonds. The number of thiazole rings is 1. The minimum Gasteiger partial charge on any atom is -0.489 e. The third kappa shape index (κ3) is 3.36. The van der Waals surface area contributed by atoms with Gasteiger partial charge in [0, 0.05) is 12.3 Å². The molecule has 1 N–H and O–H groups in total. The van der Waals surface area contributed by atoms with Gasteiger partial charge in [0.15, 0.2) is 5.13 Å². The summed E-state index contributed by atoms with van der Waals surface area (Å²) in [6.45, 7) is 1.97. The summed E-state index contributed by atoms with van der Waals surface area (Å²) in [6.07, 6.45) is 1.53. The second-order valence-corrected chi connectivity index (χ2v) is 6.04. The van der Waals surface area contributed by atoms with Crippen molar-refractivity contribution in [3.63, 3.8) is 0 Å². The Morgan fingerprint density at radius 1 is 1.29 bits per heavy atom. The molecule has 0 bridgehead atoms. The number of carboxylic acid groups (broad SMARTS) is 1. The number of benzene rings is 1. The van der Waals surface area contributed by atoms with E-state index in [4.69, 9.17) is 9.84 Å². The van der Waals surface area contributed by atoms with Crippen LogP contribution >= 0.6 is 11.3 Å². The first kappa shape index (κ1) is 15.9. The van der Waals surface area contributed by atoms with E-state index in [0.717, 1.165) is 16.9 Å². The van der Waals surface area contributed by atoms with Crippen LogP contribution in [0.5, 0.6) is 5.75 Å². The number of carbonyl (C=O) groups is 1. The van der Waals surface area contributed by atoms with Crippen molar-refractivity contribution in [3.8, 4) is 10.9 Å². The molecule has 0 saturated heterocycles. The van der Waals surface area contributed by atoms with Crippen molar-refractivity contribution in [2.24, 2.45) is 0 Å². The molecule has 0 aliphatic rings. The van der Waals surface area contributed by atoms with Gasteiger partial charge in [0.05, 0.1) is 5.69 Å². The van der Waals surface area contributed by atoms with Crippen LogP contribution in [-0.4, -0.2) is 20.6 Å². The summed E-state index contributed by atoms with van der Waals surface area (Å²) in [7, 11) is 0. The normalized spacial score (nSPS) is 10.5. The molecule has 2 aromatic heterocycles. The third-order valence-electron chi connectivity index (χ3n) is 3.32. The Hall–Kier alpha value is -2.93. The van der Waals surface area contributed by atoms with Crippen LogP contribution in [0.15, 0.2) is 53.5 Å². The molecule has 0 aliphatic carbocycles. The van der Waals surface area contributed by atoms with Crippen molar-refractivity contribution in [1.82, 2.24) is 9.55 Å². The summed E-state index contributed by atoms with van der Waals surface area (Å²) in [5.74, 6) is -0.598. The van der Waals surface area contributed by atoms with Crippen LogP contribution in [0.25, 0.3) is 5.13 Å². The van der Waals surface area contributed by atoms with Crippen LogP contribution in [0.1, 0.15) is 20.9 Å². The van der Waals surface area contributed by atoms with E-state index in [1.807, 2.05) is 30.3 Å². The van der Waals surface area contributed by atoms with Crippen LogP contribution in [0, 0.1) is 6.92 Å². The van der Waals surface area contributed by atoms with Gasteiger partial charge in [-0.1, -0.05) is 41.7 Å². The SMILES string of the molecule is Cc1nc(-n2ccc(OCc3ccccc3)cc2=O)sc1C(=O)O. The number of aromatic nitrogens is 2. The van der Waals surface area contributed by atoms with Crippen molar-refractivity contribution < 1.29 is 14.6 Å². The summed E-state index contributed by atoms with van der Waals surface area (Å²) < 4.78 is 6.91. The molecule has 3 aromatic rings. The maximum atomic E-state index is 12.2. The van der Waals surface area contributed by atoms with Gasteiger partial charge in [-0.15, -0.1) is 0 Å². The first-order valence-corrected chi connectivity index (χ1v) is 7.97. The van der Waals surface area contributed by atoms with Gasteiger partial charge in [0.2, 0.25) is 0 Å². The molecular weight excluding hydrogens is 328 g/mol. The zero-order chi connectivity index (χ0) is 17.1. The number of hydrogen-bond acceptors (Lipinski definition) is 5. The van der Waals surface area contributed by atoms with E-state index in [1.54, 1.807) is 13.0 Å². The fourth-order valence-corrected chi connectivity index (χ4v) is 3.03. The molecule has 0 atom stereocenters. The number of aryl methyl sites for hydroxylation is 1. The fourth-order valence-electron chi connectivity index (χ4n) is 2.13. The molecule has 0 radical (unpaired) electrons. The maximum absolute atomic E-state index is 12.2. The van der Waals surface area contributed by atoms with E-state index >= 15 is 0 Å². The Bertz CT molecular complexity index is 931. The minimum atomic E-state index is -1.05. The van der Waals surface area contributed by atoms with Crippen LogP contribution in [-0.2, 0) is 6.61 Å². The summed E-state index contributed by atoms with van der Waals surface area (Å²) in [6, 6.07) is 12.6. The maximum Gasteiger partial charge on any atom is 0.347 e. The van der Waals surface area contributed by atoms with E-state index in [-0.39, 0.29) is 10.4 Å². The van der Waals surface area contributed by atoms with Crippen molar-refractivity contribution >= 4 is 17.3 Å². The predicted octanol–water partition coefficient (Wildman–Crippen LogP) is 2.88. The summed E-state index contributed by atoms with van der Waals surface area (Å²) >= 11 is 0.962. The van der Waals surface area contributed by atoms with Gasteiger partial charge in [0.1, 0.15) is 17.2 Å². The Kier molecular flexibility index (Phi) is 4.43. The van der Waals surface area contributed by atoms with Gasteiger partial charge < -0.3 is 9.84 Å². The van der Waals surface area contributed by atoms with Crippen molar-refractivity contribution in [2.75, 3.05) is 0 Å². The highest BCUT2D eigenvalue weighted by molar-refractivity contribution is 7.16. The zero-order valence-corrected chi connectivity index (χ0v) is 13.6. The van der Waals surface area contributed by atoms with Crippen molar-refractivity contribution in [3.05, 3.63) is 75.1 Å². The van der Waals surface area contributed by atoms with Crippen LogP contribution in [0.2, 0.25) is 0 Å². The molecule has 7 heteroatoms. The zero-order valence-electron chi connectivity index (χ0n) is 12.8. The average molecular weight is 342 g/mol. The number of nitrogens with zero attached hydrogens (tertiary/aromatic N) is 2. The Morgan fingerprint density at radius 3 is 2.67 bits per heavy atom. The number of carboxylic acids is 1. The van der Waals surface area contributed by atoms with Gasteiger partial charge in [-0.25, -0.2) is 9.78 Å². The molecule has 0 aliphatic heterocycles. The lowest BCUT2D eigenvalue weighted by molar-refractivity contribution is 0.0701. The Morgan fingerprint density at radius 2 is 2.04 bits per heavy atom. The molecule has 0 saturated carbocycles. The number of aromatic carboxylic acids is 1. The molecule has 0 spiro atoms. The van der Waals surface area contributed by atoms with Gasteiger partial charge in [0.25, 0.3) is 5.56 Å². The minimum absolute atomic E-state index is 0.126. The van der Waals surface area contributed by atoms with E-state index in [9.17, 15) is 9.59 Å². The molecule has 3 rings (SSSR count). The van der Waals surface area contributed by atoms with Crippen molar-refractivity contribution in [1.29, 1.82) is 0 Å². The summed E-state index contributed by atoms with van der Waals surface area (Å²) in [4.78, 5) is 27.6. The second kappa shape index (κ2) is 6.67. The number of pyridine rings is 1. The molecule has 0 unspecified atom stereocenters. The molecule has 6 nitrogen and oxygen atoms in total. The highest BCUT2D eigenvalue weighted by atomic mass is 32.1. The van der Waals surface area contributed by atoms with Gasteiger partial charge in [-0.2, -0.15) is 0 Å². The molecular formula is C17H14N2O4S. The van der Waals surface area contributed by atoms with Crippen LogP contribution in [0.3, 0.4) is 0 Å². The quantitative estimate of drug-likeness (QED) is 0.771. The number of rotatable bonds is 5. The van der Waals surface area contributed by atoms with E-state index in [2.05, 4.69) is 4.98 Å². The Labute approximate surface area is 141 Å². The molecule has 24 heavy (non-hydrogen) atoms. The first-order valence-electron chi connectivity index (χ1n) is 7.15. The molecule has 0 fully saturated rings. The van der Waals surface area contributed by atoms with E-state index in [0.29, 0.717) is 23.2 Å². The fraction of sp³-hybridized carbons (Fsp3) is 0.118. The summed E-state index contributed by atoms with van der Waals surface area (Å²) in [5.41, 5.74) is 1.06. The summed E-state index contributed by atoms with van der Waals surface area (Å²) in [5, 5.41) is 9.40. The van der Waals surface area contributed by atoms with Crippen molar-refractivity contribution in [2.45, 2.75) is 13.5 Å². The largest absolute Gasteiger partial charge is 0.489 e. The lowest BCUT2D eigenvalue weighted by atomic mass is 10.2. The van der Waals surface area contributed by atoms with E-state index < -0.39 is 5.97 Å².